The highest BCUT2D eigenvalue weighted by Crippen LogP contribution is 2.22. The summed E-state index contributed by atoms with van der Waals surface area (Å²) in [6.45, 7) is 2.30. The molecule has 152 valence electrons. The molecule has 10 nitrogen and oxygen atoms in total. The van der Waals surface area contributed by atoms with Gasteiger partial charge in [0, 0.05) is 25.1 Å². The molecule has 29 heavy (non-hydrogen) atoms. The lowest BCUT2D eigenvalue weighted by atomic mass is 10.0. The fraction of sp³-hybridized carbons (Fsp3) is 0.263. The summed E-state index contributed by atoms with van der Waals surface area (Å²) in [5, 5.41) is 27.3. The normalized spacial score (nSPS) is 11.3. The summed E-state index contributed by atoms with van der Waals surface area (Å²) in [6.07, 6.45) is 0.897. The largest absolute Gasteiger partial charge is 0.354 e. The maximum Gasteiger partial charge on any atom is 0.277 e. The van der Waals surface area contributed by atoms with Crippen molar-refractivity contribution in [2.75, 3.05) is 6.54 Å². The molecule has 2 aromatic carbocycles. The van der Waals surface area contributed by atoms with Crippen LogP contribution in [0.25, 0.3) is 0 Å². The molecule has 0 radical (unpaired) electrons. The van der Waals surface area contributed by atoms with Crippen molar-refractivity contribution in [2.45, 2.75) is 25.8 Å². The van der Waals surface area contributed by atoms with Crippen LogP contribution in [0.1, 0.15) is 29.3 Å². The first-order chi connectivity index (χ1) is 13.8. The van der Waals surface area contributed by atoms with E-state index in [0.29, 0.717) is 13.0 Å². The Kier molecular flexibility index (Phi) is 7.35. The van der Waals surface area contributed by atoms with Crippen LogP contribution < -0.4 is 10.6 Å². The second-order valence-corrected chi connectivity index (χ2v) is 6.26. The number of amides is 2. The van der Waals surface area contributed by atoms with Gasteiger partial charge >= 0.3 is 0 Å². The molecule has 0 bridgehead atoms. The highest BCUT2D eigenvalue weighted by atomic mass is 16.6. The number of nitrogens with zero attached hydrogens (tertiary/aromatic N) is 2. The van der Waals surface area contributed by atoms with Gasteiger partial charge in [0.25, 0.3) is 17.3 Å². The number of nitro benzene ring substituents is 2. The van der Waals surface area contributed by atoms with Gasteiger partial charge in [-0.25, -0.2) is 0 Å². The van der Waals surface area contributed by atoms with Gasteiger partial charge in [0.2, 0.25) is 5.91 Å². The van der Waals surface area contributed by atoms with E-state index >= 15 is 0 Å². The summed E-state index contributed by atoms with van der Waals surface area (Å²) >= 11 is 0. The molecule has 0 saturated carbocycles. The third-order valence-corrected chi connectivity index (χ3v) is 4.04. The van der Waals surface area contributed by atoms with Crippen LogP contribution in [0, 0.1) is 20.2 Å². The van der Waals surface area contributed by atoms with E-state index in [2.05, 4.69) is 10.6 Å². The van der Waals surface area contributed by atoms with E-state index in [4.69, 9.17) is 0 Å². The lowest BCUT2D eigenvalue weighted by molar-refractivity contribution is -0.394. The zero-order valence-electron chi connectivity index (χ0n) is 15.7. The maximum atomic E-state index is 12.6. The van der Waals surface area contributed by atoms with E-state index in [-0.39, 0.29) is 12.0 Å². The lowest BCUT2D eigenvalue weighted by Gasteiger charge is -2.18. The number of benzene rings is 2. The van der Waals surface area contributed by atoms with E-state index in [1.165, 1.54) is 0 Å². The molecule has 0 aliphatic carbocycles. The molecule has 2 aromatic rings. The molecule has 0 aliphatic rings. The van der Waals surface area contributed by atoms with Crippen LogP contribution in [0.3, 0.4) is 0 Å². The summed E-state index contributed by atoms with van der Waals surface area (Å²) in [5.74, 6) is -1.23. The van der Waals surface area contributed by atoms with Crippen LogP contribution in [-0.2, 0) is 11.2 Å². The standard InChI is InChI=1S/C19H20N4O6/c1-2-8-20-19(25)17(9-13-6-4-3-5-7-13)21-18(24)14-10-15(22(26)27)12-16(11-14)23(28)29/h3-7,10-12,17H,2,8-9H2,1H3,(H,20,25)(H,21,24)/t17-/m0/s1. The Morgan fingerprint density at radius 3 is 2.10 bits per heavy atom. The molecular weight excluding hydrogens is 380 g/mol. The second-order valence-electron chi connectivity index (χ2n) is 6.26. The van der Waals surface area contributed by atoms with Crippen molar-refractivity contribution in [3.8, 4) is 0 Å². The number of hydrogen-bond donors (Lipinski definition) is 2. The number of nitro groups is 2. The lowest BCUT2D eigenvalue weighted by Crippen LogP contribution is -2.48. The Bertz CT molecular complexity index is 884. The number of hydrogen-bond acceptors (Lipinski definition) is 6. The highest BCUT2D eigenvalue weighted by molar-refractivity contribution is 5.98. The second kappa shape index (κ2) is 9.93. The molecule has 0 spiro atoms. The van der Waals surface area contributed by atoms with Crippen LogP contribution in [0.2, 0.25) is 0 Å². The Hall–Kier alpha value is -3.82. The number of carbonyl (C=O) groups excluding carboxylic acids is 2. The summed E-state index contributed by atoms with van der Waals surface area (Å²) in [4.78, 5) is 45.5. The number of non-ortho nitro benzene ring substituents is 2. The Labute approximate surface area is 166 Å². The van der Waals surface area contributed by atoms with E-state index < -0.39 is 39.1 Å². The van der Waals surface area contributed by atoms with Crippen molar-refractivity contribution < 1.29 is 19.4 Å². The van der Waals surface area contributed by atoms with Crippen LogP contribution in [0.4, 0.5) is 11.4 Å². The first-order valence-corrected chi connectivity index (χ1v) is 8.88. The summed E-state index contributed by atoms with van der Waals surface area (Å²) < 4.78 is 0. The molecular formula is C19H20N4O6. The average molecular weight is 400 g/mol. The quantitative estimate of drug-likeness (QED) is 0.488. The van der Waals surface area contributed by atoms with Crippen molar-refractivity contribution in [1.29, 1.82) is 0 Å². The molecule has 2 amide bonds. The van der Waals surface area contributed by atoms with Gasteiger partial charge in [-0.3, -0.25) is 29.8 Å². The zero-order chi connectivity index (χ0) is 21.4. The molecule has 0 aromatic heterocycles. The third-order valence-electron chi connectivity index (χ3n) is 4.04. The Morgan fingerprint density at radius 2 is 1.59 bits per heavy atom. The SMILES string of the molecule is CCCNC(=O)[C@H](Cc1ccccc1)NC(=O)c1cc([N+](=O)[O-])cc([N+](=O)[O-])c1. The first kappa shape index (κ1) is 21.5. The monoisotopic (exact) mass is 400 g/mol. The van der Waals surface area contributed by atoms with Gasteiger partial charge in [0.1, 0.15) is 6.04 Å². The van der Waals surface area contributed by atoms with E-state index in [9.17, 15) is 29.8 Å². The van der Waals surface area contributed by atoms with Gasteiger partial charge in [-0.1, -0.05) is 37.3 Å². The van der Waals surface area contributed by atoms with Gasteiger partial charge in [0.05, 0.1) is 21.5 Å². The zero-order valence-corrected chi connectivity index (χ0v) is 15.7. The van der Waals surface area contributed by atoms with Crippen molar-refractivity contribution in [3.05, 3.63) is 79.9 Å². The van der Waals surface area contributed by atoms with E-state index in [1.54, 1.807) is 24.3 Å². The molecule has 10 heteroatoms. The topological polar surface area (TPSA) is 144 Å². The molecule has 0 fully saturated rings. The van der Waals surface area contributed by atoms with Crippen LogP contribution in [-0.4, -0.2) is 34.2 Å². The average Bonchev–Trinajstić information content (AvgIpc) is 2.71. The predicted molar refractivity (Wildman–Crippen MR) is 104 cm³/mol. The minimum Gasteiger partial charge on any atom is -0.354 e. The van der Waals surface area contributed by atoms with Gasteiger partial charge < -0.3 is 10.6 Å². The molecule has 1 atom stereocenters. The fourth-order valence-corrected chi connectivity index (χ4v) is 2.61. The third kappa shape index (κ3) is 6.09. The van der Waals surface area contributed by atoms with Crippen molar-refractivity contribution in [1.82, 2.24) is 10.6 Å². The minimum absolute atomic E-state index is 0.194. The Morgan fingerprint density at radius 1 is 1.00 bits per heavy atom. The summed E-state index contributed by atoms with van der Waals surface area (Å²) in [6, 6.07) is 10.7. The number of carbonyl (C=O) groups is 2. The molecule has 0 unspecified atom stereocenters. The first-order valence-electron chi connectivity index (χ1n) is 8.88. The van der Waals surface area contributed by atoms with Crippen LogP contribution in [0.5, 0.6) is 0 Å². The van der Waals surface area contributed by atoms with Crippen LogP contribution >= 0.6 is 0 Å². The molecule has 2 N–H and O–H groups in total. The molecule has 0 saturated heterocycles. The summed E-state index contributed by atoms with van der Waals surface area (Å²) in [7, 11) is 0. The van der Waals surface area contributed by atoms with E-state index in [1.807, 2.05) is 13.0 Å². The van der Waals surface area contributed by atoms with Gasteiger partial charge in [-0.2, -0.15) is 0 Å². The molecule has 2 rings (SSSR count). The van der Waals surface area contributed by atoms with E-state index in [0.717, 1.165) is 23.8 Å². The predicted octanol–water partition coefficient (Wildman–Crippen LogP) is 2.37. The fourth-order valence-electron chi connectivity index (χ4n) is 2.61. The van der Waals surface area contributed by atoms with Crippen molar-refractivity contribution >= 4 is 23.2 Å². The maximum absolute atomic E-state index is 12.6. The van der Waals surface area contributed by atoms with Gasteiger partial charge in [0.15, 0.2) is 0 Å². The number of nitrogens with one attached hydrogen (secondary N) is 2. The van der Waals surface area contributed by atoms with Crippen LogP contribution in [0.15, 0.2) is 48.5 Å². The van der Waals surface area contributed by atoms with Gasteiger partial charge in [-0.05, 0) is 12.0 Å². The molecule has 0 heterocycles. The molecule has 0 aliphatic heterocycles. The summed E-state index contributed by atoms with van der Waals surface area (Å²) in [5.41, 5.74) is -0.638. The Balaban J connectivity index is 2.29. The smallest absolute Gasteiger partial charge is 0.277 e. The number of rotatable bonds is 9. The van der Waals surface area contributed by atoms with Crippen molar-refractivity contribution in [2.24, 2.45) is 0 Å². The highest BCUT2D eigenvalue weighted by Gasteiger charge is 2.25. The van der Waals surface area contributed by atoms with Crippen molar-refractivity contribution in [3.63, 3.8) is 0 Å². The minimum atomic E-state index is -0.949. The van der Waals surface area contributed by atoms with Gasteiger partial charge in [-0.15, -0.1) is 0 Å².